The highest BCUT2D eigenvalue weighted by molar-refractivity contribution is 5.51. The number of alkyl halides is 3. The van der Waals surface area contributed by atoms with E-state index in [-0.39, 0.29) is 0 Å². The van der Waals surface area contributed by atoms with Crippen molar-refractivity contribution in [1.29, 1.82) is 0 Å². The Hall–Kier alpha value is -0.620. The maximum atomic E-state index is 12.0. The van der Waals surface area contributed by atoms with Gasteiger partial charge < -0.3 is 4.79 Å². The van der Waals surface area contributed by atoms with Crippen molar-refractivity contribution >= 4 is 6.29 Å². The number of carbonyl (C=O) groups excluding carboxylic acids is 1. The van der Waals surface area contributed by atoms with Crippen molar-refractivity contribution in [2.45, 2.75) is 6.18 Å². The first-order valence-electron chi connectivity index (χ1n) is 4.46. The van der Waals surface area contributed by atoms with Crippen LogP contribution in [0.1, 0.15) is 0 Å². The summed E-state index contributed by atoms with van der Waals surface area (Å²) < 4.78 is 35.9. The first kappa shape index (κ1) is 11.5. The van der Waals surface area contributed by atoms with Gasteiger partial charge in [0.05, 0.1) is 13.1 Å². The smallest absolute Gasteiger partial charge is 0.302 e. The van der Waals surface area contributed by atoms with Gasteiger partial charge in [0.15, 0.2) is 0 Å². The summed E-state index contributed by atoms with van der Waals surface area (Å²) in [5.41, 5.74) is 0. The van der Waals surface area contributed by atoms with Gasteiger partial charge >= 0.3 is 6.18 Å². The van der Waals surface area contributed by atoms with Crippen LogP contribution in [0.5, 0.6) is 0 Å². The molecule has 0 atom stereocenters. The highest BCUT2D eigenvalue weighted by Gasteiger charge is 2.31. The van der Waals surface area contributed by atoms with Crippen LogP contribution in [0.25, 0.3) is 0 Å². The fraction of sp³-hybridized carbons (Fsp3) is 0.875. The van der Waals surface area contributed by atoms with Gasteiger partial charge in [0, 0.05) is 26.2 Å². The van der Waals surface area contributed by atoms with E-state index in [9.17, 15) is 18.0 Å². The molecule has 0 aromatic carbocycles. The van der Waals surface area contributed by atoms with E-state index in [0.29, 0.717) is 32.7 Å². The predicted octanol–water partition coefficient (Wildman–Crippen LogP) is 0.365. The monoisotopic (exact) mass is 210 g/mol. The van der Waals surface area contributed by atoms with Gasteiger partial charge in [-0.25, -0.2) is 0 Å². The summed E-state index contributed by atoms with van der Waals surface area (Å²) in [6, 6.07) is 0. The van der Waals surface area contributed by atoms with Crippen LogP contribution in [0.15, 0.2) is 0 Å². The van der Waals surface area contributed by atoms with Crippen LogP contribution in [0.2, 0.25) is 0 Å². The van der Waals surface area contributed by atoms with Gasteiger partial charge in [-0.2, -0.15) is 13.2 Å². The molecule has 0 aromatic heterocycles. The minimum Gasteiger partial charge on any atom is -0.302 e. The molecule has 0 aliphatic carbocycles. The fourth-order valence-corrected chi connectivity index (χ4v) is 1.49. The summed E-state index contributed by atoms with van der Waals surface area (Å²) in [5, 5.41) is 0. The average Bonchev–Trinajstić information content (AvgIpc) is 2.06. The SMILES string of the molecule is O=CCN1CCN(CC(F)(F)F)CC1. The van der Waals surface area contributed by atoms with E-state index in [1.807, 2.05) is 4.90 Å². The van der Waals surface area contributed by atoms with Crippen LogP contribution in [0, 0.1) is 0 Å². The number of hydrogen-bond acceptors (Lipinski definition) is 3. The first-order valence-corrected chi connectivity index (χ1v) is 4.46. The highest BCUT2D eigenvalue weighted by atomic mass is 19.4. The maximum absolute atomic E-state index is 12.0. The summed E-state index contributed by atoms with van der Waals surface area (Å²) in [7, 11) is 0. The lowest BCUT2D eigenvalue weighted by molar-refractivity contribution is -0.149. The first-order chi connectivity index (χ1) is 6.51. The van der Waals surface area contributed by atoms with E-state index in [1.165, 1.54) is 4.90 Å². The lowest BCUT2D eigenvalue weighted by atomic mass is 10.3. The molecule has 1 aliphatic heterocycles. The van der Waals surface area contributed by atoms with Crippen LogP contribution in [0.3, 0.4) is 0 Å². The Kier molecular flexibility index (Phi) is 3.88. The van der Waals surface area contributed by atoms with Crippen LogP contribution >= 0.6 is 0 Å². The molecule has 0 bridgehead atoms. The van der Waals surface area contributed by atoms with Gasteiger partial charge in [0.25, 0.3) is 0 Å². The Morgan fingerprint density at radius 2 is 1.57 bits per heavy atom. The fourth-order valence-electron chi connectivity index (χ4n) is 1.49. The van der Waals surface area contributed by atoms with Crippen LogP contribution in [0.4, 0.5) is 13.2 Å². The lowest BCUT2D eigenvalue weighted by Crippen LogP contribution is -2.49. The Morgan fingerprint density at radius 3 is 2.00 bits per heavy atom. The van der Waals surface area contributed by atoms with E-state index < -0.39 is 12.7 Å². The Morgan fingerprint density at radius 1 is 1.07 bits per heavy atom. The van der Waals surface area contributed by atoms with Gasteiger partial charge in [-0.05, 0) is 0 Å². The number of aldehydes is 1. The number of nitrogens with zero attached hydrogens (tertiary/aromatic N) is 2. The summed E-state index contributed by atoms with van der Waals surface area (Å²) in [6.45, 7) is 1.31. The molecular formula is C8H13F3N2O. The quantitative estimate of drug-likeness (QED) is 0.628. The van der Waals surface area contributed by atoms with Crippen molar-refractivity contribution in [3.63, 3.8) is 0 Å². The van der Waals surface area contributed by atoms with Crippen molar-refractivity contribution in [2.24, 2.45) is 0 Å². The molecule has 1 fully saturated rings. The third-order valence-electron chi connectivity index (χ3n) is 2.20. The second-order valence-electron chi connectivity index (χ2n) is 3.36. The Bertz CT molecular complexity index is 188. The van der Waals surface area contributed by atoms with Crippen molar-refractivity contribution in [1.82, 2.24) is 9.80 Å². The number of hydrogen-bond donors (Lipinski definition) is 0. The molecule has 1 rings (SSSR count). The van der Waals surface area contributed by atoms with Gasteiger partial charge in [-0.1, -0.05) is 0 Å². The second kappa shape index (κ2) is 4.75. The molecule has 1 saturated heterocycles. The average molecular weight is 210 g/mol. The zero-order valence-corrected chi connectivity index (χ0v) is 7.76. The molecule has 14 heavy (non-hydrogen) atoms. The number of halogens is 3. The zero-order valence-electron chi connectivity index (χ0n) is 7.76. The van der Waals surface area contributed by atoms with Crippen molar-refractivity contribution in [3.8, 4) is 0 Å². The standard InChI is InChI=1S/C8H13F3N2O/c9-8(10,11)7-13-3-1-12(2-4-13)5-6-14/h6H,1-5,7H2. The van der Waals surface area contributed by atoms with Crippen LogP contribution in [-0.4, -0.2) is 61.5 Å². The van der Waals surface area contributed by atoms with Crippen molar-refractivity contribution < 1.29 is 18.0 Å². The molecule has 6 heteroatoms. The second-order valence-corrected chi connectivity index (χ2v) is 3.36. The van der Waals surface area contributed by atoms with E-state index in [4.69, 9.17) is 0 Å². The largest absolute Gasteiger partial charge is 0.401 e. The zero-order chi connectivity index (χ0) is 10.6. The minimum absolute atomic E-state index is 0.319. The number of rotatable bonds is 3. The van der Waals surface area contributed by atoms with Gasteiger partial charge in [0.1, 0.15) is 6.29 Å². The Labute approximate surface area is 80.5 Å². The molecular weight excluding hydrogens is 197 g/mol. The lowest BCUT2D eigenvalue weighted by Gasteiger charge is -2.33. The molecule has 0 unspecified atom stereocenters. The van der Waals surface area contributed by atoms with Crippen molar-refractivity contribution in [2.75, 3.05) is 39.3 Å². The molecule has 82 valence electrons. The number of piperazine rings is 1. The molecule has 0 aromatic rings. The summed E-state index contributed by atoms with van der Waals surface area (Å²) in [4.78, 5) is 13.4. The molecule has 0 radical (unpaired) electrons. The molecule has 1 aliphatic rings. The van der Waals surface area contributed by atoms with Crippen LogP contribution in [-0.2, 0) is 4.79 Å². The van der Waals surface area contributed by atoms with E-state index in [1.54, 1.807) is 0 Å². The normalized spacial score (nSPS) is 21.1. The van der Waals surface area contributed by atoms with Crippen molar-refractivity contribution in [3.05, 3.63) is 0 Å². The third-order valence-corrected chi connectivity index (χ3v) is 2.20. The summed E-state index contributed by atoms with van der Waals surface area (Å²) in [5.74, 6) is 0. The van der Waals surface area contributed by atoms with E-state index >= 15 is 0 Å². The topological polar surface area (TPSA) is 23.6 Å². The molecule has 3 nitrogen and oxygen atoms in total. The molecule has 0 N–H and O–H groups in total. The molecule has 0 spiro atoms. The summed E-state index contributed by atoms with van der Waals surface area (Å²) >= 11 is 0. The van der Waals surface area contributed by atoms with Crippen LogP contribution < -0.4 is 0 Å². The molecule has 0 amide bonds. The molecule has 0 saturated carbocycles. The third kappa shape index (κ3) is 4.06. The predicted molar refractivity (Wildman–Crippen MR) is 45.0 cm³/mol. The van der Waals surface area contributed by atoms with Gasteiger partial charge in [-0.15, -0.1) is 0 Å². The summed E-state index contributed by atoms with van der Waals surface area (Å²) in [6.07, 6.45) is -3.34. The number of carbonyl (C=O) groups is 1. The van der Waals surface area contributed by atoms with Gasteiger partial charge in [-0.3, -0.25) is 9.80 Å². The van der Waals surface area contributed by atoms with E-state index in [0.717, 1.165) is 6.29 Å². The van der Waals surface area contributed by atoms with E-state index in [2.05, 4.69) is 0 Å². The maximum Gasteiger partial charge on any atom is 0.401 e. The Balaban J connectivity index is 2.25. The van der Waals surface area contributed by atoms with Gasteiger partial charge in [0.2, 0.25) is 0 Å². The molecule has 1 heterocycles. The highest BCUT2D eigenvalue weighted by Crippen LogP contribution is 2.17. The minimum atomic E-state index is -4.12.